The third-order valence-corrected chi connectivity index (χ3v) is 2.84. The molecule has 0 aliphatic rings. The molecule has 0 fully saturated rings. The molecule has 0 aromatic heterocycles. The molecule has 0 rings (SSSR count). The molecule has 0 heteroatoms. The van der Waals surface area contributed by atoms with Crippen LogP contribution >= 0.6 is 0 Å². The van der Waals surface area contributed by atoms with Crippen LogP contribution in [0.3, 0.4) is 0 Å². The highest BCUT2D eigenvalue weighted by Crippen LogP contribution is 2.30. The molecule has 0 aromatic rings. The average Bonchev–Trinajstić information content (AvgIpc) is 2.00. The van der Waals surface area contributed by atoms with E-state index in [2.05, 4.69) is 34.6 Å². The molecule has 0 atom stereocenters. The molecule has 0 aliphatic carbocycles. The van der Waals surface area contributed by atoms with Crippen LogP contribution in [0.5, 0.6) is 0 Å². The Morgan fingerprint density at radius 2 is 1.54 bits per heavy atom. The Morgan fingerprint density at radius 3 is 2.00 bits per heavy atom. The van der Waals surface area contributed by atoms with Gasteiger partial charge in [-0.3, -0.25) is 0 Å². The van der Waals surface area contributed by atoms with E-state index in [1.54, 1.807) is 0 Å². The zero-order valence-corrected chi connectivity index (χ0v) is 10.3. The van der Waals surface area contributed by atoms with Crippen LogP contribution in [0, 0.1) is 11.3 Å². The van der Waals surface area contributed by atoms with Crippen LogP contribution in [0.2, 0.25) is 0 Å². The Morgan fingerprint density at radius 1 is 1.00 bits per heavy atom. The van der Waals surface area contributed by atoms with Gasteiger partial charge in [0.1, 0.15) is 0 Å². The lowest BCUT2D eigenvalue weighted by Gasteiger charge is -2.24. The second-order valence-electron chi connectivity index (χ2n) is 5.55. The highest BCUT2D eigenvalue weighted by atomic mass is 14.2. The van der Waals surface area contributed by atoms with Gasteiger partial charge in [-0.05, 0) is 24.2 Å². The van der Waals surface area contributed by atoms with Crippen molar-refractivity contribution in [1.82, 2.24) is 0 Å². The number of unbranched alkanes of at least 4 members (excludes halogenated alkanes) is 1. The van der Waals surface area contributed by atoms with Gasteiger partial charge < -0.3 is 0 Å². The predicted octanol–water partition coefficient (Wildman–Crippen LogP) is 5.03. The van der Waals surface area contributed by atoms with Gasteiger partial charge in [0, 0.05) is 0 Å². The number of hydrogen-bond acceptors (Lipinski definition) is 0. The monoisotopic (exact) mass is 184 g/mol. The molecular weight excluding hydrogens is 156 g/mol. The lowest BCUT2D eigenvalue weighted by Crippen LogP contribution is -2.11. The zero-order chi connectivity index (χ0) is 10.3. The SMILES string of the molecule is CCCCC(C)(C)CCCC(C)C. The lowest BCUT2D eigenvalue weighted by atomic mass is 9.82. The quantitative estimate of drug-likeness (QED) is 0.520. The van der Waals surface area contributed by atoms with E-state index in [-0.39, 0.29) is 0 Å². The molecule has 0 N–H and O–H groups in total. The molecule has 0 saturated heterocycles. The van der Waals surface area contributed by atoms with Crippen molar-refractivity contribution in [2.45, 2.75) is 73.1 Å². The van der Waals surface area contributed by atoms with Crippen LogP contribution in [0.4, 0.5) is 0 Å². The maximum Gasteiger partial charge on any atom is -0.0354 e. The number of hydrogen-bond donors (Lipinski definition) is 0. The van der Waals surface area contributed by atoms with Crippen molar-refractivity contribution >= 4 is 0 Å². The predicted molar refractivity (Wildman–Crippen MR) is 62.0 cm³/mol. The van der Waals surface area contributed by atoms with E-state index in [0.29, 0.717) is 5.41 Å². The van der Waals surface area contributed by atoms with Crippen LogP contribution < -0.4 is 0 Å². The maximum absolute atomic E-state index is 2.42. The largest absolute Gasteiger partial charge is 0.0654 e. The van der Waals surface area contributed by atoms with Crippen LogP contribution in [0.25, 0.3) is 0 Å². The second-order valence-corrected chi connectivity index (χ2v) is 5.55. The Labute approximate surface area is 85.1 Å². The van der Waals surface area contributed by atoms with E-state index in [1.807, 2.05) is 0 Å². The normalized spacial score (nSPS) is 12.5. The fraction of sp³-hybridized carbons (Fsp3) is 1.00. The summed E-state index contributed by atoms with van der Waals surface area (Å²) in [5, 5.41) is 0. The molecule has 13 heavy (non-hydrogen) atoms. The second kappa shape index (κ2) is 6.45. The first-order valence-electron chi connectivity index (χ1n) is 5.98. The van der Waals surface area contributed by atoms with Gasteiger partial charge in [-0.1, -0.05) is 60.3 Å². The van der Waals surface area contributed by atoms with Gasteiger partial charge in [-0.15, -0.1) is 0 Å². The standard InChI is InChI=1S/C13H28/c1-6-7-10-13(4,5)11-8-9-12(2)3/h12H,6-11H2,1-5H3. The van der Waals surface area contributed by atoms with Gasteiger partial charge in [0.15, 0.2) is 0 Å². The minimum atomic E-state index is 0.588. The van der Waals surface area contributed by atoms with Gasteiger partial charge in [0.05, 0.1) is 0 Å². The fourth-order valence-electron chi connectivity index (χ4n) is 1.77. The average molecular weight is 184 g/mol. The van der Waals surface area contributed by atoms with Crippen LogP contribution in [-0.4, -0.2) is 0 Å². The van der Waals surface area contributed by atoms with Crippen molar-refractivity contribution < 1.29 is 0 Å². The summed E-state index contributed by atoms with van der Waals surface area (Å²) in [6.45, 7) is 11.8. The third kappa shape index (κ3) is 8.33. The third-order valence-electron chi connectivity index (χ3n) is 2.84. The molecular formula is C13H28. The van der Waals surface area contributed by atoms with Gasteiger partial charge in [-0.25, -0.2) is 0 Å². The zero-order valence-electron chi connectivity index (χ0n) is 10.3. The van der Waals surface area contributed by atoms with Crippen molar-refractivity contribution in [3.05, 3.63) is 0 Å². The van der Waals surface area contributed by atoms with E-state index in [1.165, 1.54) is 38.5 Å². The van der Waals surface area contributed by atoms with Crippen LogP contribution in [-0.2, 0) is 0 Å². The fourth-order valence-corrected chi connectivity index (χ4v) is 1.77. The molecule has 0 radical (unpaired) electrons. The smallest absolute Gasteiger partial charge is 0.0354 e. The molecule has 0 nitrogen and oxygen atoms in total. The first-order chi connectivity index (χ1) is 5.98. The summed E-state index contributed by atoms with van der Waals surface area (Å²) in [4.78, 5) is 0. The molecule has 0 spiro atoms. The Hall–Kier alpha value is 0. The van der Waals surface area contributed by atoms with E-state index in [4.69, 9.17) is 0 Å². The molecule has 0 amide bonds. The summed E-state index contributed by atoms with van der Waals surface area (Å²) in [6, 6.07) is 0. The van der Waals surface area contributed by atoms with Crippen molar-refractivity contribution in [1.29, 1.82) is 0 Å². The van der Waals surface area contributed by atoms with Gasteiger partial charge in [-0.2, -0.15) is 0 Å². The van der Waals surface area contributed by atoms with Crippen molar-refractivity contribution in [3.8, 4) is 0 Å². The van der Waals surface area contributed by atoms with E-state index < -0.39 is 0 Å². The lowest BCUT2D eigenvalue weighted by molar-refractivity contribution is 0.280. The highest BCUT2D eigenvalue weighted by molar-refractivity contribution is 4.68. The molecule has 0 heterocycles. The molecule has 0 aliphatic heterocycles. The summed E-state index contributed by atoms with van der Waals surface area (Å²) in [7, 11) is 0. The van der Waals surface area contributed by atoms with Crippen molar-refractivity contribution in [2.24, 2.45) is 11.3 Å². The van der Waals surface area contributed by atoms with Gasteiger partial charge in [0.25, 0.3) is 0 Å². The summed E-state index contributed by atoms with van der Waals surface area (Å²) >= 11 is 0. The summed E-state index contributed by atoms with van der Waals surface area (Å²) < 4.78 is 0. The van der Waals surface area contributed by atoms with Gasteiger partial charge >= 0.3 is 0 Å². The van der Waals surface area contributed by atoms with Crippen LogP contribution in [0.1, 0.15) is 73.1 Å². The maximum atomic E-state index is 2.42. The summed E-state index contributed by atoms with van der Waals surface area (Å²) in [6.07, 6.45) is 8.36. The molecule has 0 aromatic carbocycles. The minimum absolute atomic E-state index is 0.588. The Bertz CT molecular complexity index is 111. The minimum Gasteiger partial charge on any atom is -0.0654 e. The first kappa shape index (κ1) is 13.0. The van der Waals surface area contributed by atoms with E-state index in [9.17, 15) is 0 Å². The van der Waals surface area contributed by atoms with Crippen molar-refractivity contribution in [2.75, 3.05) is 0 Å². The van der Waals surface area contributed by atoms with Crippen LogP contribution in [0.15, 0.2) is 0 Å². The molecule has 0 unspecified atom stereocenters. The first-order valence-corrected chi connectivity index (χ1v) is 5.98. The summed E-state index contributed by atoms with van der Waals surface area (Å²) in [5.41, 5.74) is 0.588. The topological polar surface area (TPSA) is 0 Å². The highest BCUT2D eigenvalue weighted by Gasteiger charge is 2.16. The van der Waals surface area contributed by atoms with Crippen molar-refractivity contribution in [3.63, 3.8) is 0 Å². The summed E-state index contributed by atoms with van der Waals surface area (Å²) in [5.74, 6) is 0.877. The molecule has 80 valence electrons. The van der Waals surface area contributed by atoms with E-state index in [0.717, 1.165) is 5.92 Å². The Kier molecular flexibility index (Phi) is 6.45. The Balaban J connectivity index is 3.50. The number of rotatable bonds is 7. The van der Waals surface area contributed by atoms with Gasteiger partial charge in [0.2, 0.25) is 0 Å². The molecule has 0 saturated carbocycles. The molecule has 0 bridgehead atoms. The van der Waals surface area contributed by atoms with E-state index >= 15 is 0 Å².